The van der Waals surface area contributed by atoms with Crippen LogP contribution in [0.15, 0.2) is 5.11 Å². The molecule has 1 aliphatic rings. The highest BCUT2D eigenvalue weighted by atomic mass is 16.6. The normalized spacial score (nSPS) is 17.8. The molecule has 1 saturated heterocycles. The molecule has 1 atom stereocenters. The Balaban J connectivity index is 2.50. The molecule has 1 rings (SSSR count). The van der Waals surface area contributed by atoms with E-state index in [2.05, 4.69) is 14.9 Å². The van der Waals surface area contributed by atoms with Gasteiger partial charge in [-0.15, -0.1) is 0 Å². The monoisotopic (exact) mass is 355 g/mol. The zero-order valence-electron chi connectivity index (χ0n) is 15.3. The Morgan fingerprint density at radius 3 is 2.68 bits per heavy atom. The van der Waals surface area contributed by atoms with E-state index in [-0.39, 0.29) is 18.6 Å². The third kappa shape index (κ3) is 9.16. The third-order valence-corrected chi connectivity index (χ3v) is 3.87. The fraction of sp³-hybridized carbons (Fsp3) is 0.875. The molecule has 1 unspecified atom stereocenters. The molecule has 1 amide bonds. The molecule has 25 heavy (non-hydrogen) atoms. The van der Waals surface area contributed by atoms with Crippen molar-refractivity contribution in [2.75, 3.05) is 32.7 Å². The second-order valence-corrected chi connectivity index (χ2v) is 7.27. The predicted octanol–water partition coefficient (Wildman–Crippen LogP) is 2.86. The molecule has 1 N–H and O–H groups in total. The SMILES string of the molecule is CC(C)(C)OC(=O)N(CCCCC(=O)O)CCN1CCC(N=[N+]=[N-])C1. The van der Waals surface area contributed by atoms with Crippen molar-refractivity contribution < 1.29 is 19.4 Å². The number of aliphatic carboxylic acids is 1. The number of hydrogen-bond acceptors (Lipinski definition) is 5. The van der Waals surface area contributed by atoms with Crippen LogP contribution < -0.4 is 0 Å². The Labute approximate surface area is 148 Å². The number of carboxylic acid groups (broad SMARTS) is 1. The molecule has 0 bridgehead atoms. The molecule has 0 aliphatic carbocycles. The molecular weight excluding hydrogens is 326 g/mol. The molecule has 0 aromatic rings. The van der Waals surface area contributed by atoms with Crippen molar-refractivity contribution >= 4 is 12.1 Å². The highest BCUT2D eigenvalue weighted by Crippen LogP contribution is 2.14. The third-order valence-electron chi connectivity index (χ3n) is 3.87. The average Bonchev–Trinajstić information content (AvgIpc) is 2.92. The number of rotatable bonds is 9. The van der Waals surface area contributed by atoms with Gasteiger partial charge in [-0.25, -0.2) is 4.79 Å². The van der Waals surface area contributed by atoms with Gasteiger partial charge in [-0.1, -0.05) is 5.11 Å². The second-order valence-electron chi connectivity index (χ2n) is 7.27. The minimum Gasteiger partial charge on any atom is -0.481 e. The lowest BCUT2D eigenvalue weighted by atomic mass is 10.2. The van der Waals surface area contributed by atoms with Crippen molar-refractivity contribution in [1.82, 2.24) is 9.80 Å². The van der Waals surface area contributed by atoms with Crippen LogP contribution in [0.25, 0.3) is 10.4 Å². The summed E-state index contributed by atoms with van der Waals surface area (Å²) in [5, 5.41) is 12.4. The van der Waals surface area contributed by atoms with E-state index in [1.165, 1.54) is 0 Å². The number of likely N-dealkylation sites (tertiary alicyclic amines) is 1. The number of ether oxygens (including phenoxy) is 1. The van der Waals surface area contributed by atoms with E-state index in [0.29, 0.717) is 39.0 Å². The van der Waals surface area contributed by atoms with Crippen LogP contribution in [-0.4, -0.2) is 71.3 Å². The lowest BCUT2D eigenvalue weighted by Crippen LogP contribution is -2.41. The average molecular weight is 355 g/mol. The van der Waals surface area contributed by atoms with E-state index in [9.17, 15) is 9.59 Å². The number of carbonyl (C=O) groups excluding carboxylic acids is 1. The van der Waals surface area contributed by atoms with Crippen molar-refractivity contribution in [3.05, 3.63) is 10.4 Å². The number of hydrogen-bond donors (Lipinski definition) is 1. The van der Waals surface area contributed by atoms with E-state index in [4.69, 9.17) is 15.4 Å². The summed E-state index contributed by atoms with van der Waals surface area (Å²) in [7, 11) is 0. The highest BCUT2D eigenvalue weighted by molar-refractivity contribution is 5.68. The van der Waals surface area contributed by atoms with Gasteiger partial charge in [0.15, 0.2) is 0 Å². The van der Waals surface area contributed by atoms with Gasteiger partial charge in [0.05, 0.1) is 6.04 Å². The summed E-state index contributed by atoms with van der Waals surface area (Å²) in [6.45, 7) is 8.64. The van der Waals surface area contributed by atoms with Gasteiger partial charge in [0, 0.05) is 37.5 Å². The molecule has 1 fully saturated rings. The van der Waals surface area contributed by atoms with Crippen LogP contribution in [0.2, 0.25) is 0 Å². The maximum absolute atomic E-state index is 12.4. The van der Waals surface area contributed by atoms with Crippen LogP contribution >= 0.6 is 0 Å². The molecule has 1 heterocycles. The van der Waals surface area contributed by atoms with E-state index in [1.54, 1.807) is 4.90 Å². The molecule has 0 aromatic carbocycles. The van der Waals surface area contributed by atoms with Crippen molar-refractivity contribution in [3.8, 4) is 0 Å². The van der Waals surface area contributed by atoms with Crippen LogP contribution in [0.1, 0.15) is 46.5 Å². The number of carbonyl (C=O) groups is 2. The molecule has 0 aromatic heterocycles. The minimum atomic E-state index is -0.829. The Hall–Kier alpha value is -1.99. The van der Waals surface area contributed by atoms with Gasteiger partial charge in [-0.3, -0.25) is 4.79 Å². The standard InChI is InChI=1S/C16H29N5O4/c1-16(2,3)25-15(24)21(8-5-4-6-14(22)23)11-10-20-9-7-13(12-20)18-19-17/h13H,4-12H2,1-3H3,(H,22,23). The van der Waals surface area contributed by atoms with Gasteiger partial charge in [0.2, 0.25) is 0 Å². The maximum Gasteiger partial charge on any atom is 0.410 e. The molecule has 9 heteroatoms. The Bertz CT molecular complexity index is 499. The number of unbranched alkanes of at least 4 members (excludes halogenated alkanes) is 1. The summed E-state index contributed by atoms with van der Waals surface area (Å²) in [6.07, 6.45) is 1.69. The minimum absolute atomic E-state index is 0.00413. The van der Waals surface area contributed by atoms with Crippen LogP contribution in [-0.2, 0) is 9.53 Å². The molecular formula is C16H29N5O4. The Morgan fingerprint density at radius 2 is 2.08 bits per heavy atom. The van der Waals surface area contributed by atoms with Crippen molar-refractivity contribution in [3.63, 3.8) is 0 Å². The first-order valence-corrected chi connectivity index (χ1v) is 8.67. The first-order chi connectivity index (χ1) is 11.7. The Morgan fingerprint density at radius 1 is 1.36 bits per heavy atom. The van der Waals surface area contributed by atoms with Crippen LogP contribution in [0.5, 0.6) is 0 Å². The van der Waals surface area contributed by atoms with Crippen LogP contribution in [0, 0.1) is 0 Å². The van der Waals surface area contributed by atoms with E-state index in [1.807, 2.05) is 20.8 Å². The quantitative estimate of drug-likeness (QED) is 0.295. The van der Waals surface area contributed by atoms with Gasteiger partial charge >= 0.3 is 12.1 Å². The molecule has 1 aliphatic heterocycles. The predicted molar refractivity (Wildman–Crippen MR) is 93.3 cm³/mol. The lowest BCUT2D eigenvalue weighted by molar-refractivity contribution is -0.137. The molecule has 9 nitrogen and oxygen atoms in total. The molecule has 142 valence electrons. The van der Waals surface area contributed by atoms with E-state index < -0.39 is 11.6 Å². The number of nitrogens with zero attached hydrogens (tertiary/aromatic N) is 5. The first-order valence-electron chi connectivity index (χ1n) is 8.67. The number of carboxylic acids is 1. The highest BCUT2D eigenvalue weighted by Gasteiger charge is 2.25. The molecule has 0 radical (unpaired) electrons. The smallest absolute Gasteiger partial charge is 0.410 e. The topological polar surface area (TPSA) is 119 Å². The fourth-order valence-corrected chi connectivity index (χ4v) is 2.64. The van der Waals surface area contributed by atoms with E-state index >= 15 is 0 Å². The summed E-state index contributed by atoms with van der Waals surface area (Å²) in [5.74, 6) is -0.829. The summed E-state index contributed by atoms with van der Waals surface area (Å²) >= 11 is 0. The maximum atomic E-state index is 12.4. The summed E-state index contributed by atoms with van der Waals surface area (Å²) in [6, 6.07) is -0.00413. The summed E-state index contributed by atoms with van der Waals surface area (Å²) < 4.78 is 5.44. The summed E-state index contributed by atoms with van der Waals surface area (Å²) in [5.41, 5.74) is 7.93. The Kier molecular flexibility index (Phi) is 8.51. The van der Waals surface area contributed by atoms with Gasteiger partial charge in [-0.05, 0) is 52.1 Å². The van der Waals surface area contributed by atoms with Gasteiger partial charge in [0.25, 0.3) is 0 Å². The van der Waals surface area contributed by atoms with Gasteiger partial charge in [-0.2, -0.15) is 0 Å². The largest absolute Gasteiger partial charge is 0.481 e. The zero-order valence-corrected chi connectivity index (χ0v) is 15.3. The summed E-state index contributed by atoms with van der Waals surface area (Å²) in [4.78, 5) is 29.6. The van der Waals surface area contributed by atoms with Gasteiger partial charge < -0.3 is 19.6 Å². The lowest BCUT2D eigenvalue weighted by Gasteiger charge is -2.29. The first kappa shape index (κ1) is 21.1. The number of azide groups is 1. The van der Waals surface area contributed by atoms with Gasteiger partial charge in [0.1, 0.15) is 5.60 Å². The molecule has 0 saturated carbocycles. The molecule has 0 spiro atoms. The van der Waals surface area contributed by atoms with Crippen molar-refractivity contribution in [2.45, 2.75) is 58.1 Å². The van der Waals surface area contributed by atoms with Crippen LogP contribution in [0.3, 0.4) is 0 Å². The number of amides is 1. The van der Waals surface area contributed by atoms with E-state index in [0.717, 1.165) is 13.0 Å². The van der Waals surface area contributed by atoms with Crippen molar-refractivity contribution in [1.29, 1.82) is 0 Å². The van der Waals surface area contributed by atoms with Crippen molar-refractivity contribution in [2.24, 2.45) is 5.11 Å². The fourth-order valence-electron chi connectivity index (χ4n) is 2.64. The van der Waals surface area contributed by atoms with Crippen LogP contribution in [0.4, 0.5) is 4.79 Å². The second kappa shape index (κ2) is 10.1. The zero-order chi connectivity index (χ0) is 18.9.